The molecule has 5 nitrogen and oxygen atoms in total. The Balaban J connectivity index is 1.43. The molecule has 0 unspecified atom stereocenters. The number of hydrogen-bond donors (Lipinski definition) is 2. The molecular weight excluding hydrogens is 410 g/mol. The van der Waals surface area contributed by atoms with E-state index in [2.05, 4.69) is 67.5 Å². The van der Waals surface area contributed by atoms with Crippen LogP contribution in [0.3, 0.4) is 0 Å². The maximum absolute atomic E-state index is 12.6. The lowest BCUT2D eigenvalue weighted by atomic mass is 9.99. The van der Waals surface area contributed by atoms with Gasteiger partial charge in [-0.1, -0.05) is 51.1 Å². The molecule has 0 bridgehead atoms. The molecule has 0 radical (unpaired) electrons. The Morgan fingerprint density at radius 2 is 1.88 bits per heavy atom. The molecule has 0 atom stereocenters. The number of nitrogens with one attached hydrogen (secondary N) is 2. The maximum Gasteiger partial charge on any atom is 0.253 e. The normalized spacial score (nSPS) is 14.5. The zero-order valence-electron chi connectivity index (χ0n) is 19.4. The Kier molecular flexibility index (Phi) is 5.41. The fraction of sp³-hybridized carbons (Fsp3) is 0.286. The number of carbonyl (C=O) groups is 1. The summed E-state index contributed by atoms with van der Waals surface area (Å²) in [5.41, 5.74) is 4.76. The van der Waals surface area contributed by atoms with E-state index in [1.807, 2.05) is 24.4 Å². The third kappa shape index (κ3) is 4.49. The SMILES string of the molecule is CC(C)(C)COc1ccc(/C=C/c2cc3c(ccc4c5c(nc43)CCCNC5=O)c[nH]2)cc1. The molecular formula is C28H29N3O2. The van der Waals surface area contributed by atoms with Gasteiger partial charge in [0.05, 0.1) is 23.4 Å². The molecule has 3 heterocycles. The maximum atomic E-state index is 12.6. The van der Waals surface area contributed by atoms with E-state index >= 15 is 0 Å². The number of H-pyrrole nitrogens is 1. The van der Waals surface area contributed by atoms with Gasteiger partial charge in [0, 0.05) is 29.2 Å². The van der Waals surface area contributed by atoms with Crippen LogP contribution in [0.4, 0.5) is 0 Å². The summed E-state index contributed by atoms with van der Waals surface area (Å²) in [5, 5.41) is 6.06. The average molecular weight is 440 g/mol. The van der Waals surface area contributed by atoms with E-state index in [9.17, 15) is 4.79 Å². The fourth-order valence-corrected chi connectivity index (χ4v) is 4.17. The van der Waals surface area contributed by atoms with Gasteiger partial charge in [-0.3, -0.25) is 9.78 Å². The number of aromatic nitrogens is 2. The monoisotopic (exact) mass is 439 g/mol. The molecule has 2 N–H and O–H groups in total. The number of rotatable bonds is 4. The molecule has 1 amide bonds. The second kappa shape index (κ2) is 8.39. The van der Waals surface area contributed by atoms with Gasteiger partial charge < -0.3 is 15.0 Å². The van der Waals surface area contributed by atoms with Gasteiger partial charge in [-0.2, -0.15) is 0 Å². The molecule has 33 heavy (non-hydrogen) atoms. The number of pyridine rings is 1. The highest BCUT2D eigenvalue weighted by atomic mass is 16.5. The highest BCUT2D eigenvalue weighted by Crippen LogP contribution is 2.31. The lowest BCUT2D eigenvalue weighted by Gasteiger charge is -2.18. The van der Waals surface area contributed by atoms with Gasteiger partial charge >= 0.3 is 0 Å². The predicted molar refractivity (Wildman–Crippen MR) is 135 cm³/mol. The van der Waals surface area contributed by atoms with Gasteiger partial charge in [0.25, 0.3) is 5.91 Å². The average Bonchev–Trinajstić information content (AvgIpc) is 3.08. The van der Waals surface area contributed by atoms with Crippen LogP contribution in [0.15, 0.2) is 48.7 Å². The number of nitrogens with zero attached hydrogens (tertiary/aromatic N) is 1. The van der Waals surface area contributed by atoms with E-state index in [0.29, 0.717) is 13.2 Å². The van der Waals surface area contributed by atoms with Crippen molar-refractivity contribution < 1.29 is 9.53 Å². The number of carbonyl (C=O) groups excluding carboxylic acids is 1. The van der Waals surface area contributed by atoms with Crippen molar-refractivity contribution in [1.82, 2.24) is 15.3 Å². The summed E-state index contributed by atoms with van der Waals surface area (Å²) >= 11 is 0. The lowest BCUT2D eigenvalue weighted by Crippen LogP contribution is -2.22. The van der Waals surface area contributed by atoms with E-state index < -0.39 is 0 Å². The molecule has 5 heteroatoms. The Labute approximate surface area is 193 Å². The number of aryl methyl sites for hydroxylation is 1. The summed E-state index contributed by atoms with van der Waals surface area (Å²) in [6.07, 6.45) is 7.88. The highest BCUT2D eigenvalue weighted by Gasteiger charge is 2.22. The van der Waals surface area contributed by atoms with Gasteiger partial charge in [-0.15, -0.1) is 0 Å². The van der Waals surface area contributed by atoms with Crippen LogP contribution in [0.1, 0.15) is 54.5 Å². The van der Waals surface area contributed by atoms with E-state index in [-0.39, 0.29) is 11.3 Å². The molecule has 0 aliphatic carbocycles. The minimum Gasteiger partial charge on any atom is -0.493 e. The molecule has 5 rings (SSSR count). The van der Waals surface area contributed by atoms with Gasteiger partial charge in [0.15, 0.2) is 0 Å². The number of amides is 1. The third-order valence-corrected chi connectivity index (χ3v) is 5.86. The summed E-state index contributed by atoms with van der Waals surface area (Å²) in [4.78, 5) is 20.8. The number of hydrogen-bond acceptors (Lipinski definition) is 3. The number of benzene rings is 2. The number of aromatic amines is 1. The topological polar surface area (TPSA) is 67.0 Å². The quantitative estimate of drug-likeness (QED) is 0.411. The van der Waals surface area contributed by atoms with Crippen LogP contribution in [0.25, 0.3) is 33.8 Å². The molecule has 168 valence electrons. The first-order valence-corrected chi connectivity index (χ1v) is 11.5. The van der Waals surface area contributed by atoms with Gasteiger partial charge in [0.2, 0.25) is 0 Å². The summed E-state index contributed by atoms with van der Waals surface area (Å²) < 4.78 is 5.86. The number of ether oxygens (including phenoxy) is 1. The van der Waals surface area contributed by atoms with Crippen LogP contribution >= 0.6 is 0 Å². The largest absolute Gasteiger partial charge is 0.493 e. The van der Waals surface area contributed by atoms with Crippen molar-refractivity contribution in [2.45, 2.75) is 33.6 Å². The first-order valence-electron chi connectivity index (χ1n) is 11.5. The van der Waals surface area contributed by atoms with Crippen LogP contribution in [0.5, 0.6) is 5.75 Å². The fourth-order valence-electron chi connectivity index (χ4n) is 4.17. The molecule has 1 aliphatic rings. The predicted octanol–water partition coefficient (Wildman–Crippen LogP) is 5.99. The van der Waals surface area contributed by atoms with Crippen molar-refractivity contribution in [2.24, 2.45) is 5.41 Å². The minimum absolute atomic E-state index is 0.0121. The standard InChI is InChI=1S/C28H29N3O2/c1-28(2,3)17-33-21-11-7-18(8-12-21)6-10-20-15-23-19(16-30-20)9-13-22-25-24(31-26(22)23)5-4-14-29-27(25)32/h6-13,15-16,30H,4-5,14,17H2,1-3H3,(H,29,32)/b10-6+. The first-order chi connectivity index (χ1) is 15.9. The molecule has 2 aromatic heterocycles. The van der Waals surface area contributed by atoms with Crippen molar-refractivity contribution in [3.63, 3.8) is 0 Å². The Bertz CT molecular complexity index is 1360. The van der Waals surface area contributed by atoms with E-state index in [4.69, 9.17) is 9.72 Å². The third-order valence-electron chi connectivity index (χ3n) is 5.86. The second-order valence-corrected chi connectivity index (χ2v) is 9.90. The van der Waals surface area contributed by atoms with Crippen molar-refractivity contribution in [2.75, 3.05) is 13.2 Å². The molecule has 0 fully saturated rings. The second-order valence-electron chi connectivity index (χ2n) is 9.90. The van der Waals surface area contributed by atoms with Crippen molar-refractivity contribution in [1.29, 1.82) is 0 Å². The van der Waals surface area contributed by atoms with Gasteiger partial charge in [-0.05, 0) is 53.5 Å². The summed E-state index contributed by atoms with van der Waals surface area (Å²) in [5.74, 6) is 0.870. The van der Waals surface area contributed by atoms with E-state index in [0.717, 1.165) is 62.8 Å². The van der Waals surface area contributed by atoms with Crippen LogP contribution in [0.2, 0.25) is 0 Å². The smallest absolute Gasteiger partial charge is 0.253 e. The van der Waals surface area contributed by atoms with Crippen molar-refractivity contribution in [3.8, 4) is 5.75 Å². The number of fused-ring (bicyclic) bond motifs is 5. The molecule has 0 spiro atoms. The Morgan fingerprint density at radius 3 is 2.67 bits per heavy atom. The first kappa shape index (κ1) is 21.3. The van der Waals surface area contributed by atoms with Gasteiger partial charge in [-0.25, -0.2) is 0 Å². The molecule has 0 saturated heterocycles. The van der Waals surface area contributed by atoms with E-state index in [1.54, 1.807) is 0 Å². The summed E-state index contributed by atoms with van der Waals surface area (Å²) in [6, 6.07) is 14.3. The Morgan fingerprint density at radius 1 is 1.06 bits per heavy atom. The molecule has 4 aromatic rings. The summed E-state index contributed by atoms with van der Waals surface area (Å²) in [6.45, 7) is 7.87. The summed E-state index contributed by atoms with van der Waals surface area (Å²) in [7, 11) is 0. The molecule has 0 saturated carbocycles. The van der Waals surface area contributed by atoms with Crippen molar-refractivity contribution >= 4 is 39.7 Å². The zero-order valence-corrected chi connectivity index (χ0v) is 19.4. The van der Waals surface area contributed by atoms with Crippen LogP contribution in [0, 0.1) is 5.41 Å². The van der Waals surface area contributed by atoms with Crippen LogP contribution in [-0.2, 0) is 6.42 Å². The highest BCUT2D eigenvalue weighted by molar-refractivity contribution is 6.15. The molecule has 1 aliphatic heterocycles. The van der Waals surface area contributed by atoms with Crippen LogP contribution in [-0.4, -0.2) is 29.0 Å². The Hall–Kier alpha value is -3.60. The van der Waals surface area contributed by atoms with Crippen molar-refractivity contribution in [3.05, 3.63) is 71.2 Å². The zero-order chi connectivity index (χ0) is 23.0. The minimum atomic E-state index is -0.0121. The molecule has 2 aromatic carbocycles. The van der Waals surface area contributed by atoms with E-state index in [1.165, 1.54) is 0 Å². The lowest BCUT2D eigenvalue weighted by molar-refractivity contribution is 0.0957. The van der Waals surface area contributed by atoms with Crippen LogP contribution < -0.4 is 10.1 Å². The van der Waals surface area contributed by atoms with Gasteiger partial charge in [0.1, 0.15) is 5.75 Å².